The largest absolute Gasteiger partial charge is 0.497 e. The molecule has 1 saturated heterocycles. The van der Waals surface area contributed by atoms with Gasteiger partial charge in [0.1, 0.15) is 5.76 Å². The molecule has 1 aromatic rings. The Morgan fingerprint density at radius 2 is 1.92 bits per heavy atom. The van der Waals surface area contributed by atoms with Crippen molar-refractivity contribution in [3.63, 3.8) is 0 Å². The molecule has 0 aromatic heterocycles. The molecule has 134 valence electrons. The monoisotopic (exact) mass is 341 g/mol. The highest BCUT2D eigenvalue weighted by Crippen LogP contribution is 2.59. The van der Waals surface area contributed by atoms with Crippen molar-refractivity contribution in [1.82, 2.24) is 4.90 Å². The molecule has 4 heteroatoms. The number of benzene rings is 1. The fourth-order valence-corrected chi connectivity index (χ4v) is 5.80. The van der Waals surface area contributed by atoms with Crippen LogP contribution in [0.4, 0.5) is 0 Å². The first-order valence-corrected chi connectivity index (χ1v) is 9.61. The Morgan fingerprint density at radius 1 is 1.08 bits per heavy atom. The smallest absolute Gasteiger partial charge is 0.161 e. The first-order chi connectivity index (χ1) is 12.3. The second-order valence-electron chi connectivity index (χ2n) is 7.88. The predicted molar refractivity (Wildman–Crippen MR) is 96.4 cm³/mol. The van der Waals surface area contributed by atoms with Crippen LogP contribution in [0.25, 0.3) is 0 Å². The second-order valence-corrected chi connectivity index (χ2v) is 7.88. The predicted octanol–water partition coefficient (Wildman–Crippen LogP) is 3.65. The summed E-state index contributed by atoms with van der Waals surface area (Å²) in [4.78, 5) is 2.76. The van der Waals surface area contributed by atoms with E-state index in [-0.39, 0.29) is 5.54 Å². The first kappa shape index (κ1) is 15.6. The summed E-state index contributed by atoms with van der Waals surface area (Å²) in [7, 11) is 3.45. The van der Waals surface area contributed by atoms with E-state index in [2.05, 4.69) is 17.0 Å². The van der Waals surface area contributed by atoms with Gasteiger partial charge < -0.3 is 14.2 Å². The molecule has 5 rings (SSSR count). The number of hydrogen-bond donors (Lipinski definition) is 0. The third-order valence-corrected chi connectivity index (χ3v) is 6.82. The third kappa shape index (κ3) is 2.10. The lowest BCUT2D eigenvalue weighted by Gasteiger charge is -2.39. The van der Waals surface area contributed by atoms with Gasteiger partial charge in [-0.05, 0) is 73.9 Å². The van der Waals surface area contributed by atoms with Crippen molar-refractivity contribution >= 4 is 0 Å². The maximum absolute atomic E-state index is 6.30. The van der Waals surface area contributed by atoms with E-state index in [1.165, 1.54) is 55.5 Å². The van der Waals surface area contributed by atoms with Crippen molar-refractivity contribution in [2.24, 2.45) is 0 Å². The molecule has 0 amide bonds. The van der Waals surface area contributed by atoms with Gasteiger partial charge in [0, 0.05) is 12.1 Å². The number of methoxy groups -OCH3 is 2. The molecule has 3 aliphatic heterocycles. The molecule has 0 radical (unpaired) electrons. The van der Waals surface area contributed by atoms with Gasteiger partial charge in [0.15, 0.2) is 11.5 Å². The molecule has 1 aliphatic carbocycles. The van der Waals surface area contributed by atoms with E-state index in [1.54, 1.807) is 19.8 Å². The first-order valence-electron chi connectivity index (χ1n) is 9.61. The minimum Gasteiger partial charge on any atom is -0.497 e. The summed E-state index contributed by atoms with van der Waals surface area (Å²) in [5, 5.41) is 0. The molecule has 3 heterocycles. The quantitative estimate of drug-likeness (QED) is 0.822. The third-order valence-electron chi connectivity index (χ3n) is 6.82. The van der Waals surface area contributed by atoms with Crippen LogP contribution < -0.4 is 9.47 Å². The van der Waals surface area contributed by atoms with Crippen LogP contribution in [0.1, 0.15) is 49.1 Å². The fraction of sp³-hybridized carbons (Fsp3) is 0.619. The summed E-state index contributed by atoms with van der Waals surface area (Å²) in [5.74, 6) is 3.33. The Kier molecular flexibility index (Phi) is 3.53. The summed E-state index contributed by atoms with van der Waals surface area (Å²) in [6.07, 6.45) is 7.24. The summed E-state index contributed by atoms with van der Waals surface area (Å²) in [5.41, 5.74) is 4.62. The van der Waals surface area contributed by atoms with E-state index in [0.29, 0.717) is 5.92 Å². The summed E-state index contributed by atoms with van der Waals surface area (Å²) in [6.45, 7) is 3.23. The van der Waals surface area contributed by atoms with E-state index < -0.39 is 0 Å². The number of rotatable bonds is 2. The highest BCUT2D eigenvalue weighted by molar-refractivity contribution is 5.54. The van der Waals surface area contributed by atoms with Gasteiger partial charge in [-0.2, -0.15) is 0 Å². The van der Waals surface area contributed by atoms with Crippen LogP contribution in [-0.4, -0.2) is 44.4 Å². The van der Waals surface area contributed by atoms with Crippen molar-refractivity contribution in [1.29, 1.82) is 0 Å². The van der Waals surface area contributed by atoms with Crippen molar-refractivity contribution < 1.29 is 14.2 Å². The lowest BCUT2D eigenvalue weighted by Crippen LogP contribution is -2.46. The summed E-state index contributed by atoms with van der Waals surface area (Å²) in [6, 6.07) is 4.43. The van der Waals surface area contributed by atoms with Crippen LogP contribution in [-0.2, 0) is 11.2 Å². The SMILES string of the molecule is COc1cc2c(cc1OC)[C@@H]1C3=C(CCCO3)C[C@@]13CCCN3CC2. The standard InChI is InChI=1S/C21H27NO3/c1-23-17-11-14-6-9-22-8-4-7-21(22)13-15-5-3-10-25-20(15)19(21)16(14)12-18(17)24-2/h11-12,19H,3-10,13H2,1-2H3/t19-,21+/m1/s1. The second kappa shape index (κ2) is 5.66. The molecule has 0 unspecified atom stereocenters. The van der Waals surface area contributed by atoms with Crippen LogP contribution in [0.15, 0.2) is 23.5 Å². The van der Waals surface area contributed by atoms with Crippen LogP contribution in [0, 0.1) is 0 Å². The average molecular weight is 341 g/mol. The maximum atomic E-state index is 6.30. The lowest BCUT2D eigenvalue weighted by molar-refractivity contribution is 0.109. The highest BCUT2D eigenvalue weighted by atomic mass is 16.5. The van der Waals surface area contributed by atoms with Gasteiger partial charge >= 0.3 is 0 Å². The van der Waals surface area contributed by atoms with Gasteiger partial charge in [0.2, 0.25) is 0 Å². The van der Waals surface area contributed by atoms with E-state index in [1.807, 2.05) is 0 Å². The summed E-state index contributed by atoms with van der Waals surface area (Å²) < 4.78 is 17.5. The van der Waals surface area contributed by atoms with Crippen molar-refractivity contribution in [2.45, 2.75) is 50.0 Å². The van der Waals surface area contributed by atoms with Gasteiger partial charge in [0.05, 0.1) is 26.7 Å². The lowest BCUT2D eigenvalue weighted by atomic mass is 9.78. The van der Waals surface area contributed by atoms with Crippen molar-refractivity contribution in [3.05, 3.63) is 34.6 Å². The Morgan fingerprint density at radius 3 is 2.76 bits per heavy atom. The van der Waals surface area contributed by atoms with Crippen LogP contribution >= 0.6 is 0 Å². The molecule has 4 aliphatic rings. The van der Waals surface area contributed by atoms with E-state index in [0.717, 1.165) is 31.1 Å². The van der Waals surface area contributed by atoms with Crippen LogP contribution in [0.5, 0.6) is 11.5 Å². The zero-order chi connectivity index (χ0) is 17.0. The van der Waals surface area contributed by atoms with Gasteiger partial charge in [-0.1, -0.05) is 0 Å². The number of ether oxygens (including phenoxy) is 3. The summed E-state index contributed by atoms with van der Waals surface area (Å²) >= 11 is 0. The topological polar surface area (TPSA) is 30.9 Å². The number of hydrogen-bond acceptors (Lipinski definition) is 4. The van der Waals surface area contributed by atoms with Crippen molar-refractivity contribution in [2.75, 3.05) is 33.9 Å². The van der Waals surface area contributed by atoms with E-state index in [9.17, 15) is 0 Å². The average Bonchev–Trinajstić information content (AvgIpc) is 3.17. The Hall–Kier alpha value is -1.68. The van der Waals surface area contributed by atoms with Crippen molar-refractivity contribution in [3.8, 4) is 11.5 Å². The van der Waals surface area contributed by atoms with Gasteiger partial charge in [-0.25, -0.2) is 0 Å². The van der Waals surface area contributed by atoms with Gasteiger partial charge in [0.25, 0.3) is 0 Å². The van der Waals surface area contributed by atoms with Crippen LogP contribution in [0.2, 0.25) is 0 Å². The van der Waals surface area contributed by atoms with E-state index >= 15 is 0 Å². The molecule has 4 nitrogen and oxygen atoms in total. The maximum Gasteiger partial charge on any atom is 0.161 e. The molecule has 1 spiro atoms. The highest BCUT2D eigenvalue weighted by Gasteiger charge is 2.56. The molecular weight excluding hydrogens is 314 g/mol. The molecule has 2 atom stereocenters. The minimum absolute atomic E-state index is 0.236. The van der Waals surface area contributed by atoms with Crippen LogP contribution in [0.3, 0.4) is 0 Å². The zero-order valence-electron chi connectivity index (χ0n) is 15.3. The Labute approximate surface area is 149 Å². The Bertz CT molecular complexity index is 741. The normalized spacial score (nSPS) is 30.7. The van der Waals surface area contributed by atoms with Gasteiger partial charge in [-0.15, -0.1) is 0 Å². The fourth-order valence-electron chi connectivity index (χ4n) is 5.80. The molecule has 0 bridgehead atoms. The van der Waals surface area contributed by atoms with Gasteiger partial charge in [-0.3, -0.25) is 4.90 Å². The zero-order valence-corrected chi connectivity index (χ0v) is 15.3. The molecule has 1 aromatic carbocycles. The van der Waals surface area contributed by atoms with E-state index in [4.69, 9.17) is 14.2 Å². The molecule has 1 fully saturated rings. The number of nitrogens with zero attached hydrogens (tertiary/aromatic N) is 1. The molecule has 0 N–H and O–H groups in total. The molecule has 0 saturated carbocycles. The minimum atomic E-state index is 0.236. The number of fused-ring (bicyclic) bond motifs is 3. The Balaban J connectivity index is 1.71. The molecule has 25 heavy (non-hydrogen) atoms. The molecular formula is C21H27NO3.